The van der Waals surface area contributed by atoms with Crippen molar-refractivity contribution in [2.24, 2.45) is 5.92 Å². The Bertz CT molecular complexity index is 2280. The van der Waals surface area contributed by atoms with Crippen molar-refractivity contribution in [1.29, 1.82) is 5.26 Å². The summed E-state index contributed by atoms with van der Waals surface area (Å²) in [5.74, 6) is 1.78. The van der Waals surface area contributed by atoms with Gasteiger partial charge in [-0.05, 0) is 90.9 Å². The van der Waals surface area contributed by atoms with E-state index in [0.29, 0.717) is 51.5 Å². The Labute approximate surface area is 296 Å². The Hall–Kier alpha value is -4.85. The topological polar surface area (TPSA) is 114 Å². The SMILES string of the molecule is Cc1c(-c2nc3cc(CN4CC[C@H](C)C4)cc(C#N)c3o2)cccc1-c1cccc(Nc2nccc3cc(CN4CC[C@H](O)C4)cnc23)c1Cl. The maximum absolute atomic E-state index is 9.99. The van der Waals surface area contributed by atoms with Gasteiger partial charge in [0.05, 0.1) is 22.4 Å². The summed E-state index contributed by atoms with van der Waals surface area (Å²) < 4.78 is 6.29. The molecule has 6 aromatic rings. The summed E-state index contributed by atoms with van der Waals surface area (Å²) in [5.41, 5.74) is 8.94. The second kappa shape index (κ2) is 13.5. The van der Waals surface area contributed by atoms with Crippen LogP contribution in [-0.4, -0.2) is 62.1 Å². The number of nitriles is 1. The molecule has 2 fully saturated rings. The lowest BCUT2D eigenvalue weighted by Gasteiger charge is -2.16. The minimum atomic E-state index is -0.253. The van der Waals surface area contributed by atoms with Crippen molar-refractivity contribution >= 4 is 45.1 Å². The van der Waals surface area contributed by atoms with Crippen molar-refractivity contribution in [2.45, 2.75) is 45.9 Å². The average Bonchev–Trinajstić information content (AvgIpc) is 3.85. The largest absolute Gasteiger partial charge is 0.435 e. The number of rotatable bonds is 8. The Kier molecular flexibility index (Phi) is 8.71. The van der Waals surface area contributed by atoms with E-state index in [9.17, 15) is 10.4 Å². The van der Waals surface area contributed by atoms with E-state index >= 15 is 0 Å². The van der Waals surface area contributed by atoms with Crippen LogP contribution in [0.1, 0.15) is 42.0 Å². The minimum absolute atomic E-state index is 0.253. The first kappa shape index (κ1) is 32.4. The van der Waals surface area contributed by atoms with Gasteiger partial charge in [-0.15, -0.1) is 0 Å². The normalized spacial score (nSPS) is 18.3. The molecule has 0 radical (unpaired) electrons. The Morgan fingerprint density at radius 2 is 1.74 bits per heavy atom. The Balaban J connectivity index is 1.08. The van der Waals surface area contributed by atoms with E-state index in [1.54, 1.807) is 6.20 Å². The fourth-order valence-corrected chi connectivity index (χ4v) is 7.70. The summed E-state index contributed by atoms with van der Waals surface area (Å²) in [6.45, 7) is 9.58. The van der Waals surface area contributed by atoms with E-state index in [0.717, 1.165) is 83.4 Å². The molecule has 0 saturated carbocycles. The number of aromatic nitrogens is 3. The summed E-state index contributed by atoms with van der Waals surface area (Å²) in [6, 6.07) is 22.3. The zero-order valence-corrected chi connectivity index (χ0v) is 28.9. The number of hydrogen-bond acceptors (Lipinski definition) is 9. The molecular formula is C40H38ClN7O2. The predicted molar refractivity (Wildman–Crippen MR) is 197 cm³/mol. The number of aliphatic hydroxyl groups is 1. The van der Waals surface area contributed by atoms with E-state index in [-0.39, 0.29) is 6.10 Å². The summed E-state index contributed by atoms with van der Waals surface area (Å²) >= 11 is 7.13. The lowest BCUT2D eigenvalue weighted by atomic mass is 9.96. The van der Waals surface area contributed by atoms with Gasteiger partial charge in [-0.3, -0.25) is 14.8 Å². The highest BCUT2D eigenvalue weighted by Crippen LogP contribution is 2.40. The van der Waals surface area contributed by atoms with Crippen molar-refractivity contribution in [3.05, 3.63) is 100 Å². The summed E-state index contributed by atoms with van der Waals surface area (Å²) in [6.07, 6.45) is 5.41. The second-order valence-electron chi connectivity index (χ2n) is 13.8. The van der Waals surface area contributed by atoms with Gasteiger partial charge in [0.25, 0.3) is 0 Å². The van der Waals surface area contributed by atoms with E-state index in [2.05, 4.69) is 39.2 Å². The molecule has 8 rings (SSSR count). The Morgan fingerprint density at radius 1 is 0.960 bits per heavy atom. The highest BCUT2D eigenvalue weighted by molar-refractivity contribution is 6.36. The van der Waals surface area contributed by atoms with Gasteiger partial charge >= 0.3 is 0 Å². The molecule has 2 N–H and O–H groups in total. The summed E-state index contributed by atoms with van der Waals surface area (Å²) in [4.78, 5) is 19.0. The van der Waals surface area contributed by atoms with Crippen LogP contribution in [0.5, 0.6) is 0 Å². The molecule has 50 heavy (non-hydrogen) atoms. The first-order chi connectivity index (χ1) is 24.3. The van der Waals surface area contributed by atoms with Gasteiger partial charge < -0.3 is 14.8 Å². The van der Waals surface area contributed by atoms with Crippen LogP contribution in [0.25, 0.3) is 44.6 Å². The van der Waals surface area contributed by atoms with Crippen LogP contribution < -0.4 is 5.32 Å². The Morgan fingerprint density at radius 3 is 2.54 bits per heavy atom. The molecule has 5 heterocycles. The number of aliphatic hydroxyl groups excluding tert-OH is 1. The molecule has 0 aliphatic carbocycles. The molecule has 0 bridgehead atoms. The van der Waals surface area contributed by atoms with E-state index in [1.165, 1.54) is 6.42 Å². The van der Waals surface area contributed by atoms with Crippen molar-refractivity contribution in [3.63, 3.8) is 0 Å². The molecule has 2 aliphatic rings. The van der Waals surface area contributed by atoms with Gasteiger partial charge in [-0.2, -0.15) is 5.26 Å². The summed E-state index contributed by atoms with van der Waals surface area (Å²) in [5, 5.41) is 24.9. The van der Waals surface area contributed by atoms with Crippen LogP contribution in [0.3, 0.4) is 0 Å². The van der Waals surface area contributed by atoms with Gasteiger partial charge in [-0.25, -0.2) is 9.97 Å². The fraction of sp³-hybridized carbons (Fsp3) is 0.300. The molecule has 10 heteroatoms. The highest BCUT2D eigenvalue weighted by Gasteiger charge is 2.23. The van der Waals surface area contributed by atoms with Crippen LogP contribution in [-0.2, 0) is 13.1 Å². The molecule has 9 nitrogen and oxygen atoms in total. The third-order valence-electron chi connectivity index (χ3n) is 10.0. The predicted octanol–water partition coefficient (Wildman–Crippen LogP) is 8.09. The lowest BCUT2D eigenvalue weighted by molar-refractivity contribution is 0.175. The van der Waals surface area contributed by atoms with Crippen LogP contribution in [0.15, 0.2) is 77.5 Å². The first-order valence-electron chi connectivity index (χ1n) is 17.2. The van der Waals surface area contributed by atoms with Crippen molar-refractivity contribution < 1.29 is 9.52 Å². The smallest absolute Gasteiger partial charge is 0.227 e. The number of halogens is 1. The molecule has 0 spiro atoms. The number of hydrogen-bond donors (Lipinski definition) is 2. The van der Waals surface area contributed by atoms with Crippen molar-refractivity contribution in [1.82, 2.24) is 24.8 Å². The van der Waals surface area contributed by atoms with Crippen LogP contribution in [0.4, 0.5) is 11.5 Å². The molecular weight excluding hydrogens is 646 g/mol. The van der Waals surface area contributed by atoms with Crippen molar-refractivity contribution in [3.8, 4) is 28.7 Å². The first-order valence-corrected chi connectivity index (χ1v) is 17.6. The number of nitrogens with one attached hydrogen (secondary N) is 1. The van der Waals surface area contributed by atoms with Gasteiger partial charge in [0.1, 0.15) is 17.1 Å². The number of oxazole rings is 1. The third-order valence-corrected chi connectivity index (χ3v) is 10.4. The number of β-amino-alcohol motifs (C(OH)–C–C–N with tert-alkyl or cyclic N) is 1. The number of likely N-dealkylation sites (tertiary alicyclic amines) is 2. The zero-order chi connectivity index (χ0) is 34.4. The molecule has 2 saturated heterocycles. The third kappa shape index (κ3) is 6.32. The lowest BCUT2D eigenvalue weighted by Crippen LogP contribution is -2.21. The fourth-order valence-electron chi connectivity index (χ4n) is 7.43. The second-order valence-corrected chi connectivity index (χ2v) is 14.2. The maximum atomic E-state index is 9.99. The number of benzene rings is 3. The molecule has 2 atom stereocenters. The monoisotopic (exact) mass is 683 g/mol. The molecule has 0 amide bonds. The summed E-state index contributed by atoms with van der Waals surface area (Å²) in [7, 11) is 0. The quantitative estimate of drug-likeness (QED) is 0.164. The molecule has 2 aliphatic heterocycles. The number of anilines is 2. The van der Waals surface area contributed by atoms with E-state index < -0.39 is 0 Å². The molecule has 3 aromatic carbocycles. The van der Waals surface area contributed by atoms with E-state index in [4.69, 9.17) is 26.0 Å². The van der Waals surface area contributed by atoms with Crippen LogP contribution >= 0.6 is 11.6 Å². The van der Waals surface area contributed by atoms with Crippen LogP contribution in [0.2, 0.25) is 5.02 Å². The molecule has 252 valence electrons. The molecule has 0 unspecified atom stereocenters. The van der Waals surface area contributed by atoms with Crippen LogP contribution in [0, 0.1) is 24.2 Å². The van der Waals surface area contributed by atoms with Gasteiger partial charge in [0.2, 0.25) is 5.89 Å². The van der Waals surface area contributed by atoms with Crippen molar-refractivity contribution in [2.75, 3.05) is 31.5 Å². The molecule has 3 aromatic heterocycles. The number of fused-ring (bicyclic) bond motifs is 2. The van der Waals surface area contributed by atoms with Gasteiger partial charge in [0.15, 0.2) is 11.4 Å². The minimum Gasteiger partial charge on any atom is -0.435 e. The average molecular weight is 684 g/mol. The highest BCUT2D eigenvalue weighted by atomic mass is 35.5. The van der Waals surface area contributed by atoms with Gasteiger partial charge in [0, 0.05) is 61.6 Å². The van der Waals surface area contributed by atoms with Gasteiger partial charge in [-0.1, -0.05) is 42.8 Å². The maximum Gasteiger partial charge on any atom is 0.227 e. The number of pyridine rings is 2. The van der Waals surface area contributed by atoms with E-state index in [1.807, 2.05) is 67.7 Å². The zero-order valence-electron chi connectivity index (χ0n) is 28.2. The number of nitrogens with zero attached hydrogens (tertiary/aromatic N) is 6. The standard InChI is InChI=1S/C40H38ClN7O2/c1-24-10-13-47(20-24)21-26-15-29(18-42)38-35(17-26)46-40(50-38)32-6-3-5-31(25(32)2)33-7-4-8-34(36(33)41)45-39-37-28(9-12-43-39)16-27(19-44-37)22-48-14-11-30(49)23-48/h3-9,12,15-17,19,24,30,49H,10-11,13-14,20-23H2,1-2H3,(H,43,45)/t24-,30-/m0/s1.